The summed E-state index contributed by atoms with van der Waals surface area (Å²) in [5.41, 5.74) is 5.92. The van der Waals surface area contributed by atoms with E-state index in [-0.39, 0.29) is 0 Å². The Morgan fingerprint density at radius 1 is 0.920 bits per heavy atom. The molecule has 0 bridgehead atoms. The number of nitrogens with zero attached hydrogens (tertiary/aromatic N) is 5. The third kappa shape index (κ3) is 2.74. The van der Waals surface area contributed by atoms with Gasteiger partial charge in [0.05, 0.1) is 11.9 Å². The van der Waals surface area contributed by atoms with Gasteiger partial charge in [-0.05, 0) is 31.9 Å². The molecule has 0 atom stereocenters. The molecule has 0 unspecified atom stereocenters. The van der Waals surface area contributed by atoms with Crippen LogP contribution in [0.25, 0.3) is 22.9 Å². The van der Waals surface area contributed by atoms with Crippen LogP contribution in [0, 0.1) is 20.8 Å². The second kappa shape index (κ2) is 6.02. The van der Waals surface area contributed by atoms with E-state index in [0.717, 1.165) is 22.9 Å². The Hall–Kier alpha value is -3.21. The molecule has 2 aromatic carbocycles. The highest BCUT2D eigenvalue weighted by molar-refractivity contribution is 5.63. The number of aromatic nitrogens is 5. The normalized spacial score (nSPS) is 11.0. The maximum atomic E-state index is 4.83. The van der Waals surface area contributed by atoms with Crippen LogP contribution in [0.3, 0.4) is 0 Å². The number of hydrogen-bond acceptors (Lipinski definition) is 3. The minimum absolute atomic E-state index is 0.746. The summed E-state index contributed by atoms with van der Waals surface area (Å²) in [5, 5.41) is 4.22. The molecule has 0 aliphatic heterocycles. The number of rotatable bonds is 3. The van der Waals surface area contributed by atoms with Crippen LogP contribution >= 0.6 is 0 Å². The maximum absolute atomic E-state index is 4.83. The quantitative estimate of drug-likeness (QED) is 0.570. The molecule has 0 amide bonds. The van der Waals surface area contributed by atoms with Crippen LogP contribution in [0.2, 0.25) is 0 Å². The molecule has 0 aliphatic carbocycles. The fraction of sp³-hybridized carbons (Fsp3) is 0.150. The summed E-state index contributed by atoms with van der Waals surface area (Å²) in [7, 11) is 0. The van der Waals surface area contributed by atoms with E-state index in [2.05, 4.69) is 59.7 Å². The van der Waals surface area contributed by atoms with E-state index < -0.39 is 0 Å². The average molecular weight is 329 g/mol. The molecule has 0 saturated carbocycles. The van der Waals surface area contributed by atoms with Gasteiger partial charge in [0.2, 0.25) is 0 Å². The Morgan fingerprint density at radius 3 is 2.28 bits per heavy atom. The van der Waals surface area contributed by atoms with Gasteiger partial charge < -0.3 is 0 Å². The van der Waals surface area contributed by atoms with Crippen LogP contribution in [0.4, 0.5) is 0 Å². The molecule has 4 rings (SSSR count). The molecule has 0 N–H and O–H groups in total. The lowest BCUT2D eigenvalue weighted by Crippen LogP contribution is -2.02. The van der Waals surface area contributed by atoms with Gasteiger partial charge in [0, 0.05) is 5.56 Å². The van der Waals surface area contributed by atoms with Gasteiger partial charge in [-0.3, -0.25) is 4.57 Å². The molecular weight excluding hydrogens is 310 g/mol. The molecule has 5 heteroatoms. The van der Waals surface area contributed by atoms with Crippen molar-refractivity contribution in [3.05, 3.63) is 78.0 Å². The molecule has 124 valence electrons. The van der Waals surface area contributed by atoms with Gasteiger partial charge in [-0.1, -0.05) is 48.0 Å². The van der Waals surface area contributed by atoms with E-state index in [1.54, 1.807) is 11.0 Å². The van der Waals surface area contributed by atoms with Crippen LogP contribution in [-0.4, -0.2) is 24.3 Å². The number of imidazole rings is 1. The summed E-state index contributed by atoms with van der Waals surface area (Å²) in [5.74, 6) is 1.64. The van der Waals surface area contributed by atoms with Gasteiger partial charge in [-0.15, -0.1) is 0 Å². The van der Waals surface area contributed by atoms with Gasteiger partial charge in [0.25, 0.3) is 0 Å². The number of aryl methyl sites for hydroxylation is 3. The third-order valence-electron chi connectivity index (χ3n) is 4.25. The summed E-state index contributed by atoms with van der Waals surface area (Å²) in [6, 6.07) is 14.6. The van der Waals surface area contributed by atoms with E-state index in [9.17, 15) is 0 Å². The van der Waals surface area contributed by atoms with Crippen LogP contribution in [0.5, 0.6) is 0 Å². The van der Waals surface area contributed by atoms with E-state index in [4.69, 9.17) is 4.98 Å². The van der Waals surface area contributed by atoms with Gasteiger partial charge in [0.15, 0.2) is 5.82 Å². The minimum Gasteiger partial charge on any atom is -0.297 e. The molecule has 0 radical (unpaired) electrons. The monoisotopic (exact) mass is 329 g/mol. The van der Waals surface area contributed by atoms with Crippen LogP contribution in [-0.2, 0) is 0 Å². The Bertz CT molecular complexity index is 991. The van der Waals surface area contributed by atoms with E-state index in [0.29, 0.717) is 0 Å². The molecule has 4 aromatic rings. The first-order valence-electron chi connectivity index (χ1n) is 8.21. The zero-order valence-electron chi connectivity index (χ0n) is 14.5. The highest BCUT2D eigenvalue weighted by atomic mass is 15.4. The summed E-state index contributed by atoms with van der Waals surface area (Å²) in [6.07, 6.45) is 5.20. The molecule has 0 aliphatic rings. The number of hydrogen-bond donors (Lipinski definition) is 0. The molecular formula is C20H19N5. The Labute approximate surface area is 146 Å². The lowest BCUT2D eigenvalue weighted by atomic mass is 10.0. The second-order valence-corrected chi connectivity index (χ2v) is 6.25. The molecule has 2 aromatic heterocycles. The van der Waals surface area contributed by atoms with Crippen molar-refractivity contribution in [1.82, 2.24) is 24.3 Å². The smallest absolute Gasteiger partial charge is 0.174 e. The summed E-state index contributed by atoms with van der Waals surface area (Å²) in [4.78, 5) is 8.86. The van der Waals surface area contributed by atoms with Crippen LogP contribution < -0.4 is 0 Å². The average Bonchev–Trinajstić information content (AvgIpc) is 3.24. The first-order valence-corrected chi connectivity index (χ1v) is 8.21. The highest BCUT2D eigenvalue weighted by Gasteiger charge is 2.16. The Kier molecular flexibility index (Phi) is 3.69. The van der Waals surface area contributed by atoms with E-state index in [1.165, 1.54) is 23.0 Å². The molecule has 0 saturated heterocycles. The SMILES string of the molecule is Cc1cc(C)c(-n2cc(-n3cncn3)nc2-c2ccccc2)c(C)c1. The van der Waals surface area contributed by atoms with Crippen molar-refractivity contribution in [3.8, 4) is 22.9 Å². The van der Waals surface area contributed by atoms with Crippen molar-refractivity contribution in [2.24, 2.45) is 0 Å². The van der Waals surface area contributed by atoms with Crippen molar-refractivity contribution in [2.75, 3.05) is 0 Å². The van der Waals surface area contributed by atoms with Crippen molar-refractivity contribution in [3.63, 3.8) is 0 Å². The molecule has 0 spiro atoms. The topological polar surface area (TPSA) is 48.5 Å². The third-order valence-corrected chi connectivity index (χ3v) is 4.25. The fourth-order valence-electron chi connectivity index (χ4n) is 3.32. The zero-order valence-corrected chi connectivity index (χ0v) is 14.5. The van der Waals surface area contributed by atoms with Crippen LogP contribution in [0.15, 0.2) is 61.3 Å². The standard InChI is InChI=1S/C20H19N5/c1-14-9-15(2)19(16(3)10-14)24-11-18(25-13-21-12-22-25)23-20(24)17-7-5-4-6-8-17/h4-13H,1-3H3. The van der Waals surface area contributed by atoms with Gasteiger partial charge >= 0.3 is 0 Å². The lowest BCUT2D eigenvalue weighted by molar-refractivity contribution is 0.852. The predicted octanol–water partition coefficient (Wildman–Crippen LogP) is 4.05. The largest absolute Gasteiger partial charge is 0.297 e. The Balaban J connectivity index is 1.98. The first kappa shape index (κ1) is 15.3. The molecule has 25 heavy (non-hydrogen) atoms. The van der Waals surface area contributed by atoms with Crippen molar-refractivity contribution >= 4 is 0 Å². The van der Waals surface area contributed by atoms with Gasteiger partial charge in [-0.2, -0.15) is 5.10 Å². The highest BCUT2D eigenvalue weighted by Crippen LogP contribution is 2.28. The van der Waals surface area contributed by atoms with Gasteiger partial charge in [0.1, 0.15) is 18.5 Å². The van der Waals surface area contributed by atoms with Gasteiger partial charge in [-0.25, -0.2) is 14.6 Å². The fourth-order valence-corrected chi connectivity index (χ4v) is 3.32. The molecule has 0 fully saturated rings. The van der Waals surface area contributed by atoms with Crippen molar-refractivity contribution in [2.45, 2.75) is 20.8 Å². The maximum Gasteiger partial charge on any atom is 0.174 e. The summed E-state index contributed by atoms with van der Waals surface area (Å²) in [6.45, 7) is 6.40. The predicted molar refractivity (Wildman–Crippen MR) is 98.1 cm³/mol. The second-order valence-electron chi connectivity index (χ2n) is 6.25. The van der Waals surface area contributed by atoms with Crippen molar-refractivity contribution < 1.29 is 0 Å². The number of benzene rings is 2. The molecule has 5 nitrogen and oxygen atoms in total. The zero-order chi connectivity index (χ0) is 17.4. The Morgan fingerprint density at radius 2 is 1.64 bits per heavy atom. The minimum atomic E-state index is 0.746. The summed E-state index contributed by atoms with van der Waals surface area (Å²) < 4.78 is 3.83. The van der Waals surface area contributed by atoms with E-state index in [1.807, 2.05) is 24.4 Å². The van der Waals surface area contributed by atoms with E-state index >= 15 is 0 Å². The first-order chi connectivity index (χ1) is 12.1. The van der Waals surface area contributed by atoms with Crippen molar-refractivity contribution in [1.29, 1.82) is 0 Å². The summed E-state index contributed by atoms with van der Waals surface area (Å²) >= 11 is 0. The van der Waals surface area contributed by atoms with Crippen LogP contribution in [0.1, 0.15) is 16.7 Å². The molecule has 2 heterocycles. The lowest BCUT2D eigenvalue weighted by Gasteiger charge is -2.15.